The minimum atomic E-state index is -4.00. The van der Waals surface area contributed by atoms with E-state index < -0.39 is 26.0 Å². The lowest BCUT2D eigenvalue weighted by Crippen LogP contribution is -2.20. The van der Waals surface area contributed by atoms with Gasteiger partial charge in [0.2, 0.25) is 10.0 Å². The van der Waals surface area contributed by atoms with E-state index in [-0.39, 0.29) is 15.4 Å². The Hall–Kier alpha value is -1.45. The first kappa shape index (κ1) is 11.0. The van der Waals surface area contributed by atoms with Gasteiger partial charge in [0, 0.05) is 0 Å². The SMILES string of the molecule is NS(=O)(=O)c1ccc2c(c1)S(=O)(=O)NC2=O. The van der Waals surface area contributed by atoms with Gasteiger partial charge in [-0.15, -0.1) is 0 Å². The standard InChI is InChI=1S/C7H6N2O5S2/c8-15(11,12)4-1-2-5-6(3-4)16(13,14)9-7(5)10/h1-3H,(H,9,10)(H2,8,11,12). The highest BCUT2D eigenvalue weighted by molar-refractivity contribution is 7.91. The molecule has 0 radical (unpaired) electrons. The average Bonchev–Trinajstić information content (AvgIpc) is 2.36. The van der Waals surface area contributed by atoms with Crippen LogP contribution in [0.4, 0.5) is 0 Å². The fourth-order valence-corrected chi connectivity index (χ4v) is 3.13. The van der Waals surface area contributed by atoms with E-state index >= 15 is 0 Å². The third-order valence-electron chi connectivity index (χ3n) is 2.04. The molecular weight excluding hydrogens is 256 g/mol. The molecule has 1 aromatic rings. The van der Waals surface area contributed by atoms with Crippen molar-refractivity contribution in [2.45, 2.75) is 9.79 Å². The third kappa shape index (κ3) is 1.58. The summed E-state index contributed by atoms with van der Waals surface area (Å²) < 4.78 is 46.5. The number of carbonyl (C=O) groups is 1. The van der Waals surface area contributed by atoms with Crippen LogP contribution in [-0.2, 0) is 20.0 Å². The topological polar surface area (TPSA) is 123 Å². The number of benzene rings is 1. The van der Waals surface area contributed by atoms with Crippen molar-refractivity contribution in [1.29, 1.82) is 0 Å². The monoisotopic (exact) mass is 262 g/mol. The predicted molar refractivity (Wildman–Crippen MR) is 52.5 cm³/mol. The quantitative estimate of drug-likeness (QED) is 0.655. The number of fused-ring (bicyclic) bond motifs is 1. The second kappa shape index (κ2) is 3.03. The lowest BCUT2D eigenvalue weighted by molar-refractivity contribution is 0.0985. The second-order valence-corrected chi connectivity index (χ2v) is 6.35. The molecule has 1 heterocycles. The summed E-state index contributed by atoms with van der Waals surface area (Å²) in [5, 5.41) is 4.85. The van der Waals surface area contributed by atoms with Gasteiger partial charge in [0.05, 0.1) is 10.5 Å². The number of sulfonamides is 2. The first-order valence-corrected chi connectivity index (χ1v) is 6.99. The molecule has 0 bridgehead atoms. The van der Waals surface area contributed by atoms with Crippen LogP contribution in [0, 0.1) is 0 Å². The molecule has 0 aliphatic carbocycles. The van der Waals surface area contributed by atoms with Crippen molar-refractivity contribution >= 4 is 26.0 Å². The maximum atomic E-state index is 11.4. The number of rotatable bonds is 1. The van der Waals surface area contributed by atoms with E-state index in [9.17, 15) is 21.6 Å². The molecule has 1 amide bonds. The molecule has 0 atom stereocenters. The number of carbonyl (C=O) groups excluding carboxylic acids is 1. The number of amides is 1. The van der Waals surface area contributed by atoms with Crippen molar-refractivity contribution in [1.82, 2.24) is 4.72 Å². The number of nitrogens with one attached hydrogen (secondary N) is 1. The zero-order chi connectivity index (χ0) is 12.1. The molecule has 7 nitrogen and oxygen atoms in total. The molecule has 1 aliphatic heterocycles. The fraction of sp³-hybridized carbons (Fsp3) is 0. The Kier molecular flexibility index (Phi) is 2.09. The van der Waals surface area contributed by atoms with Gasteiger partial charge in [0.15, 0.2) is 0 Å². The highest BCUT2D eigenvalue weighted by Crippen LogP contribution is 2.24. The van der Waals surface area contributed by atoms with Gasteiger partial charge in [-0.1, -0.05) is 0 Å². The van der Waals surface area contributed by atoms with Crippen LogP contribution in [-0.4, -0.2) is 22.7 Å². The summed E-state index contributed by atoms with van der Waals surface area (Å²) in [5.74, 6) is -0.782. The molecule has 1 aliphatic rings. The Morgan fingerprint density at radius 3 is 2.44 bits per heavy atom. The maximum absolute atomic E-state index is 11.4. The van der Waals surface area contributed by atoms with Crippen LogP contribution in [0.2, 0.25) is 0 Å². The molecule has 0 saturated carbocycles. The van der Waals surface area contributed by atoms with Crippen LogP contribution in [0.5, 0.6) is 0 Å². The third-order valence-corrected chi connectivity index (χ3v) is 4.32. The Labute approximate surface area is 91.4 Å². The lowest BCUT2D eigenvalue weighted by Gasteiger charge is -1.99. The van der Waals surface area contributed by atoms with Crippen LogP contribution in [0.15, 0.2) is 28.0 Å². The van der Waals surface area contributed by atoms with Gasteiger partial charge in [-0.25, -0.2) is 26.7 Å². The molecule has 0 unspecified atom stereocenters. The normalized spacial score (nSPS) is 17.9. The van der Waals surface area contributed by atoms with Gasteiger partial charge in [-0.3, -0.25) is 4.79 Å². The van der Waals surface area contributed by atoms with Gasteiger partial charge in [-0.2, -0.15) is 0 Å². The lowest BCUT2D eigenvalue weighted by atomic mass is 10.2. The molecule has 0 fully saturated rings. The van der Waals surface area contributed by atoms with Gasteiger partial charge in [0.1, 0.15) is 4.90 Å². The highest BCUT2D eigenvalue weighted by Gasteiger charge is 2.33. The highest BCUT2D eigenvalue weighted by atomic mass is 32.2. The van der Waals surface area contributed by atoms with Crippen molar-refractivity contribution in [3.05, 3.63) is 23.8 Å². The molecule has 2 rings (SSSR count). The van der Waals surface area contributed by atoms with Gasteiger partial charge < -0.3 is 0 Å². The number of hydrogen-bond acceptors (Lipinski definition) is 5. The summed E-state index contributed by atoms with van der Waals surface area (Å²) in [5.41, 5.74) is -0.0904. The van der Waals surface area contributed by atoms with E-state index in [1.54, 1.807) is 4.72 Å². The summed E-state index contributed by atoms with van der Waals surface area (Å²) in [6.45, 7) is 0. The van der Waals surface area contributed by atoms with E-state index in [4.69, 9.17) is 5.14 Å². The van der Waals surface area contributed by atoms with Crippen molar-refractivity contribution < 1.29 is 21.6 Å². The molecule has 3 N–H and O–H groups in total. The van der Waals surface area contributed by atoms with Gasteiger partial charge >= 0.3 is 0 Å². The number of primary sulfonamides is 1. The van der Waals surface area contributed by atoms with Crippen LogP contribution in [0.3, 0.4) is 0 Å². The molecule has 0 saturated heterocycles. The Morgan fingerprint density at radius 1 is 1.25 bits per heavy atom. The van der Waals surface area contributed by atoms with E-state index in [1.807, 2.05) is 0 Å². The molecule has 86 valence electrons. The summed E-state index contributed by atoms with van der Waals surface area (Å²) in [6, 6.07) is 3.04. The Bertz CT molecular complexity index is 689. The summed E-state index contributed by atoms with van der Waals surface area (Å²) in [7, 11) is -7.95. The van der Waals surface area contributed by atoms with Gasteiger partial charge in [-0.05, 0) is 18.2 Å². The van der Waals surface area contributed by atoms with E-state index in [0.29, 0.717) is 0 Å². The zero-order valence-electron chi connectivity index (χ0n) is 7.67. The maximum Gasteiger partial charge on any atom is 0.266 e. The Morgan fingerprint density at radius 2 is 1.88 bits per heavy atom. The van der Waals surface area contributed by atoms with E-state index in [1.165, 1.54) is 0 Å². The average molecular weight is 262 g/mol. The van der Waals surface area contributed by atoms with E-state index in [0.717, 1.165) is 18.2 Å². The minimum Gasteiger partial charge on any atom is -0.268 e. The van der Waals surface area contributed by atoms with Crippen molar-refractivity contribution in [3.8, 4) is 0 Å². The summed E-state index contributed by atoms with van der Waals surface area (Å²) in [6.07, 6.45) is 0. The molecule has 1 aromatic carbocycles. The van der Waals surface area contributed by atoms with Crippen molar-refractivity contribution in [2.75, 3.05) is 0 Å². The van der Waals surface area contributed by atoms with Crippen LogP contribution in [0.25, 0.3) is 0 Å². The number of nitrogens with two attached hydrogens (primary N) is 1. The van der Waals surface area contributed by atoms with Gasteiger partial charge in [0.25, 0.3) is 15.9 Å². The van der Waals surface area contributed by atoms with Crippen molar-refractivity contribution in [3.63, 3.8) is 0 Å². The van der Waals surface area contributed by atoms with Crippen LogP contribution < -0.4 is 9.86 Å². The second-order valence-electron chi connectivity index (χ2n) is 3.14. The molecule has 0 spiro atoms. The summed E-state index contributed by atoms with van der Waals surface area (Å²) in [4.78, 5) is 10.4. The first-order chi connectivity index (χ1) is 7.22. The smallest absolute Gasteiger partial charge is 0.266 e. The molecule has 0 aromatic heterocycles. The zero-order valence-corrected chi connectivity index (χ0v) is 9.30. The van der Waals surface area contributed by atoms with E-state index in [2.05, 4.69) is 0 Å². The fourth-order valence-electron chi connectivity index (χ4n) is 1.32. The Balaban J connectivity index is 2.79. The van der Waals surface area contributed by atoms with Crippen LogP contribution in [0.1, 0.15) is 10.4 Å². The molecule has 9 heteroatoms. The molecule has 16 heavy (non-hydrogen) atoms. The van der Waals surface area contributed by atoms with Crippen molar-refractivity contribution in [2.24, 2.45) is 5.14 Å². The first-order valence-electron chi connectivity index (χ1n) is 3.96. The number of hydrogen-bond donors (Lipinski definition) is 2. The molecular formula is C7H6N2O5S2. The summed E-state index contributed by atoms with van der Waals surface area (Å²) >= 11 is 0. The van der Waals surface area contributed by atoms with Crippen LogP contribution >= 0.6 is 0 Å². The largest absolute Gasteiger partial charge is 0.268 e. The predicted octanol–water partition coefficient (Wildman–Crippen LogP) is -1.23. The minimum absolute atomic E-state index is 0.0904.